The predicted molar refractivity (Wildman–Crippen MR) is 102 cm³/mol. The smallest absolute Gasteiger partial charge is 0.261 e. The van der Waals surface area contributed by atoms with E-state index in [4.69, 9.17) is 5.73 Å². The highest BCUT2D eigenvalue weighted by Gasteiger charge is 2.35. The number of aromatic nitrogens is 2. The van der Waals surface area contributed by atoms with Gasteiger partial charge < -0.3 is 15.6 Å². The summed E-state index contributed by atoms with van der Waals surface area (Å²) in [5.74, 6) is -0.240. The lowest BCUT2D eigenvalue weighted by Crippen LogP contribution is -2.36. The number of rotatable bonds is 3. The molecule has 1 aliphatic heterocycles. The zero-order valence-corrected chi connectivity index (χ0v) is 15.5. The average Bonchev–Trinajstić information content (AvgIpc) is 2.98. The summed E-state index contributed by atoms with van der Waals surface area (Å²) >= 11 is 0. The normalized spacial score (nSPS) is 19.0. The zero-order chi connectivity index (χ0) is 16.4. The Bertz CT molecular complexity index is 782. The van der Waals surface area contributed by atoms with Crippen LogP contribution >= 0.6 is 24.8 Å². The van der Waals surface area contributed by atoms with Gasteiger partial charge in [-0.25, -0.2) is 0 Å². The Balaban J connectivity index is 0.00000156. The molecular weight excluding hydrogens is 363 g/mol. The number of hydrogen-bond donors (Lipinski definition) is 2. The lowest BCUT2D eigenvalue weighted by molar-refractivity contribution is 0.0775. The van der Waals surface area contributed by atoms with Crippen LogP contribution < -0.4 is 11.3 Å². The number of amides is 1. The minimum absolute atomic E-state index is 0. The van der Waals surface area contributed by atoms with Crippen molar-refractivity contribution < 1.29 is 4.79 Å². The van der Waals surface area contributed by atoms with E-state index in [0.29, 0.717) is 31.0 Å². The second-order valence-corrected chi connectivity index (χ2v) is 6.32. The minimum Gasteiger partial charge on any atom is -0.338 e. The molecule has 0 spiro atoms. The summed E-state index contributed by atoms with van der Waals surface area (Å²) in [5.41, 5.74) is 6.74. The van der Waals surface area contributed by atoms with E-state index in [9.17, 15) is 9.59 Å². The molecule has 0 radical (unpaired) electrons. The maximum Gasteiger partial charge on any atom is 0.261 e. The molecule has 8 heteroatoms. The second kappa shape index (κ2) is 8.47. The number of H-pyrrole nitrogens is 1. The molecule has 1 atom stereocenters. The molecule has 1 fully saturated rings. The van der Waals surface area contributed by atoms with E-state index in [1.165, 1.54) is 0 Å². The highest BCUT2D eigenvalue weighted by atomic mass is 35.5. The van der Waals surface area contributed by atoms with Crippen LogP contribution in [-0.4, -0.2) is 40.4 Å². The third-order valence-corrected chi connectivity index (χ3v) is 4.42. The summed E-state index contributed by atoms with van der Waals surface area (Å²) < 4.78 is 0. The average molecular weight is 385 g/mol. The lowest BCUT2D eigenvalue weighted by Gasteiger charge is -2.22. The zero-order valence-electron chi connectivity index (χ0n) is 13.9. The molecule has 3 heterocycles. The maximum atomic E-state index is 12.6. The number of aromatic amines is 1. The van der Waals surface area contributed by atoms with E-state index in [0.717, 1.165) is 6.42 Å². The summed E-state index contributed by atoms with van der Waals surface area (Å²) in [6.07, 6.45) is 2.52. The number of likely N-dealkylation sites (tertiary alicyclic amines) is 1. The van der Waals surface area contributed by atoms with E-state index in [-0.39, 0.29) is 47.3 Å². The van der Waals surface area contributed by atoms with Gasteiger partial charge >= 0.3 is 0 Å². The van der Waals surface area contributed by atoms with Crippen LogP contribution in [-0.2, 0) is 0 Å². The summed E-state index contributed by atoms with van der Waals surface area (Å²) in [6.45, 7) is 3.82. The van der Waals surface area contributed by atoms with E-state index in [1.807, 2.05) is 6.07 Å². The highest BCUT2D eigenvalue weighted by molar-refractivity contribution is 5.94. The Kier molecular flexibility index (Phi) is 7.17. The van der Waals surface area contributed by atoms with Gasteiger partial charge in [-0.2, -0.15) is 0 Å². The van der Waals surface area contributed by atoms with Crippen molar-refractivity contribution in [3.05, 3.63) is 52.4 Å². The lowest BCUT2D eigenvalue weighted by atomic mass is 9.90. The molecule has 136 valence electrons. The predicted octanol–water partition coefficient (Wildman–Crippen LogP) is 2.09. The molecular formula is C17H22Cl2N4O2. The molecule has 1 unspecified atom stereocenters. The van der Waals surface area contributed by atoms with Crippen molar-refractivity contribution in [1.29, 1.82) is 0 Å². The molecule has 25 heavy (non-hydrogen) atoms. The Morgan fingerprint density at radius 2 is 2.08 bits per heavy atom. The molecule has 0 bridgehead atoms. The fourth-order valence-corrected chi connectivity index (χ4v) is 2.85. The van der Waals surface area contributed by atoms with Crippen molar-refractivity contribution in [1.82, 2.24) is 14.9 Å². The standard InChI is InChI=1S/C17H20N4O2.2ClH/c1-17(10-18)7-9-21(11-17)16(23)12-5-6-14(20-15(12)22)13-4-2-3-8-19-13;;/h2-6,8H,7,9-11,18H2,1H3,(H,20,22);2*1H. The van der Waals surface area contributed by atoms with Crippen molar-refractivity contribution in [2.24, 2.45) is 11.1 Å². The Morgan fingerprint density at radius 3 is 2.64 bits per heavy atom. The number of hydrogen-bond acceptors (Lipinski definition) is 4. The van der Waals surface area contributed by atoms with Gasteiger partial charge in [0, 0.05) is 19.3 Å². The van der Waals surface area contributed by atoms with Crippen molar-refractivity contribution in [3.8, 4) is 11.4 Å². The van der Waals surface area contributed by atoms with Crippen LogP contribution in [0.25, 0.3) is 11.4 Å². The molecule has 1 aliphatic rings. The number of halogens is 2. The van der Waals surface area contributed by atoms with Crippen LogP contribution in [0.15, 0.2) is 41.3 Å². The topological polar surface area (TPSA) is 92.1 Å². The fraction of sp³-hybridized carbons (Fsp3) is 0.353. The first-order valence-corrected chi connectivity index (χ1v) is 7.66. The third-order valence-electron chi connectivity index (χ3n) is 4.42. The van der Waals surface area contributed by atoms with E-state index in [1.54, 1.807) is 35.4 Å². The molecule has 1 saturated heterocycles. The van der Waals surface area contributed by atoms with Crippen LogP contribution in [0, 0.1) is 5.41 Å². The van der Waals surface area contributed by atoms with Crippen LogP contribution in [0.4, 0.5) is 0 Å². The van der Waals surface area contributed by atoms with Crippen molar-refractivity contribution in [3.63, 3.8) is 0 Å². The summed E-state index contributed by atoms with van der Waals surface area (Å²) in [7, 11) is 0. The molecule has 6 nitrogen and oxygen atoms in total. The first kappa shape index (κ1) is 21.2. The van der Waals surface area contributed by atoms with Crippen molar-refractivity contribution in [2.45, 2.75) is 13.3 Å². The van der Waals surface area contributed by atoms with Gasteiger partial charge in [-0.05, 0) is 42.6 Å². The first-order chi connectivity index (χ1) is 11.0. The molecule has 2 aromatic rings. The quantitative estimate of drug-likeness (QED) is 0.846. The van der Waals surface area contributed by atoms with Gasteiger partial charge in [-0.1, -0.05) is 13.0 Å². The van der Waals surface area contributed by atoms with Gasteiger partial charge in [0.15, 0.2) is 0 Å². The minimum atomic E-state index is -0.389. The number of nitrogens with zero attached hydrogens (tertiary/aromatic N) is 2. The van der Waals surface area contributed by atoms with Gasteiger partial charge in [0.1, 0.15) is 5.56 Å². The summed E-state index contributed by atoms with van der Waals surface area (Å²) in [6, 6.07) is 8.75. The molecule has 0 aliphatic carbocycles. The van der Waals surface area contributed by atoms with Crippen LogP contribution in [0.5, 0.6) is 0 Å². The van der Waals surface area contributed by atoms with Crippen LogP contribution in [0.2, 0.25) is 0 Å². The van der Waals surface area contributed by atoms with Crippen LogP contribution in [0.1, 0.15) is 23.7 Å². The SMILES string of the molecule is CC1(CN)CCN(C(=O)c2ccc(-c3ccccn3)[nH]c2=O)C1.Cl.Cl. The Morgan fingerprint density at radius 1 is 1.32 bits per heavy atom. The van der Waals surface area contributed by atoms with Crippen molar-refractivity contribution in [2.75, 3.05) is 19.6 Å². The van der Waals surface area contributed by atoms with E-state index >= 15 is 0 Å². The maximum absolute atomic E-state index is 12.6. The first-order valence-electron chi connectivity index (χ1n) is 7.66. The molecule has 3 N–H and O–H groups in total. The van der Waals surface area contributed by atoms with E-state index in [2.05, 4.69) is 16.9 Å². The van der Waals surface area contributed by atoms with Gasteiger partial charge in [-0.15, -0.1) is 24.8 Å². The Hall–Kier alpha value is -1.89. The molecule has 0 aromatic carbocycles. The largest absolute Gasteiger partial charge is 0.338 e. The van der Waals surface area contributed by atoms with Gasteiger partial charge in [0.05, 0.1) is 11.4 Å². The number of carbonyl (C=O) groups excluding carboxylic acids is 1. The van der Waals surface area contributed by atoms with Crippen LogP contribution in [0.3, 0.4) is 0 Å². The summed E-state index contributed by atoms with van der Waals surface area (Å²) in [4.78, 5) is 33.5. The third kappa shape index (κ3) is 4.39. The Labute approximate surface area is 158 Å². The molecule has 2 aromatic heterocycles. The molecule has 3 rings (SSSR count). The molecule has 1 amide bonds. The highest BCUT2D eigenvalue weighted by Crippen LogP contribution is 2.29. The van der Waals surface area contributed by atoms with E-state index < -0.39 is 0 Å². The number of nitrogens with one attached hydrogen (secondary N) is 1. The number of carbonyl (C=O) groups is 1. The monoisotopic (exact) mass is 384 g/mol. The second-order valence-electron chi connectivity index (χ2n) is 6.32. The fourth-order valence-electron chi connectivity index (χ4n) is 2.85. The van der Waals surface area contributed by atoms with Gasteiger partial charge in [0.2, 0.25) is 0 Å². The number of pyridine rings is 2. The number of nitrogens with two attached hydrogens (primary N) is 1. The summed E-state index contributed by atoms with van der Waals surface area (Å²) in [5, 5.41) is 0. The van der Waals surface area contributed by atoms with Crippen molar-refractivity contribution >= 4 is 30.7 Å². The van der Waals surface area contributed by atoms with Gasteiger partial charge in [-0.3, -0.25) is 14.6 Å². The molecule has 0 saturated carbocycles. The van der Waals surface area contributed by atoms with Gasteiger partial charge in [0.25, 0.3) is 11.5 Å².